The largest absolute Gasteiger partial charge is 0.464 e. The first-order valence-electron chi connectivity index (χ1n) is 7.70. The number of benzene rings is 1. The fourth-order valence-electron chi connectivity index (χ4n) is 2.53. The van der Waals surface area contributed by atoms with Crippen molar-refractivity contribution in [3.63, 3.8) is 0 Å². The zero-order valence-electron chi connectivity index (χ0n) is 13.3. The maximum Gasteiger partial charge on any atom is 0.238 e. The summed E-state index contributed by atoms with van der Waals surface area (Å²) in [5.41, 5.74) is 1.61. The number of aliphatic imine (C=N–C) groups is 1. The lowest BCUT2D eigenvalue weighted by Gasteiger charge is -1.96. The van der Waals surface area contributed by atoms with Crippen LogP contribution in [0.3, 0.4) is 0 Å². The molecule has 0 atom stereocenters. The Hall–Kier alpha value is -3.49. The molecular formula is C20H11ClN2O3. The number of nitriles is 1. The van der Waals surface area contributed by atoms with E-state index in [1.165, 1.54) is 12.5 Å². The molecule has 0 N–H and O–H groups in total. The van der Waals surface area contributed by atoms with E-state index in [4.69, 9.17) is 24.9 Å². The van der Waals surface area contributed by atoms with Crippen LogP contribution in [0.4, 0.5) is 5.88 Å². The Morgan fingerprint density at radius 2 is 1.65 bits per heavy atom. The lowest BCUT2D eigenvalue weighted by atomic mass is 10.1. The summed E-state index contributed by atoms with van der Waals surface area (Å²) < 4.78 is 16.8. The summed E-state index contributed by atoms with van der Waals surface area (Å²) in [5.74, 6) is 1.57. The Balaban J connectivity index is 1.84. The minimum atomic E-state index is 0.181. The first-order chi connectivity index (χ1) is 12.8. The Morgan fingerprint density at radius 1 is 0.962 bits per heavy atom. The predicted molar refractivity (Wildman–Crippen MR) is 97.5 cm³/mol. The molecule has 0 unspecified atom stereocenters. The van der Waals surface area contributed by atoms with Crippen molar-refractivity contribution in [3.05, 3.63) is 77.2 Å². The van der Waals surface area contributed by atoms with Crippen molar-refractivity contribution in [2.24, 2.45) is 4.99 Å². The second-order valence-corrected chi connectivity index (χ2v) is 5.80. The van der Waals surface area contributed by atoms with Gasteiger partial charge >= 0.3 is 0 Å². The molecule has 0 fully saturated rings. The van der Waals surface area contributed by atoms with Crippen molar-refractivity contribution in [2.75, 3.05) is 0 Å². The highest BCUT2D eigenvalue weighted by Crippen LogP contribution is 2.42. The standard InChI is InChI=1S/C20H11ClN2O3/c21-14-7-5-13(6-8-14)12-23-20-15(11-22)18(16-3-1-9-24-16)19(26-20)17-4-2-10-25-17/h1-10,12H. The smallest absolute Gasteiger partial charge is 0.238 e. The third-order valence-electron chi connectivity index (χ3n) is 3.71. The van der Waals surface area contributed by atoms with Crippen LogP contribution in [0.2, 0.25) is 5.02 Å². The van der Waals surface area contributed by atoms with Crippen LogP contribution in [0, 0.1) is 11.3 Å². The minimum absolute atomic E-state index is 0.181. The highest BCUT2D eigenvalue weighted by atomic mass is 35.5. The van der Waals surface area contributed by atoms with E-state index in [2.05, 4.69) is 11.1 Å². The first kappa shape index (κ1) is 16.0. The molecule has 0 radical (unpaired) electrons. The summed E-state index contributed by atoms with van der Waals surface area (Å²) in [6, 6.07) is 16.3. The van der Waals surface area contributed by atoms with Crippen molar-refractivity contribution in [1.82, 2.24) is 0 Å². The van der Waals surface area contributed by atoms with E-state index in [0.717, 1.165) is 5.56 Å². The minimum Gasteiger partial charge on any atom is -0.464 e. The van der Waals surface area contributed by atoms with Gasteiger partial charge in [-0.25, -0.2) is 4.99 Å². The van der Waals surface area contributed by atoms with E-state index in [9.17, 15) is 5.26 Å². The molecule has 0 aliphatic heterocycles. The van der Waals surface area contributed by atoms with Gasteiger partial charge in [-0.05, 0) is 42.0 Å². The van der Waals surface area contributed by atoms with Gasteiger partial charge in [0.05, 0.1) is 18.1 Å². The van der Waals surface area contributed by atoms with Crippen LogP contribution in [0.5, 0.6) is 0 Å². The van der Waals surface area contributed by atoms with Crippen molar-refractivity contribution < 1.29 is 13.3 Å². The zero-order chi connectivity index (χ0) is 17.9. The van der Waals surface area contributed by atoms with Gasteiger partial charge in [-0.3, -0.25) is 0 Å². The first-order valence-corrected chi connectivity index (χ1v) is 8.08. The van der Waals surface area contributed by atoms with Crippen molar-refractivity contribution in [1.29, 1.82) is 5.26 Å². The molecule has 5 nitrogen and oxygen atoms in total. The van der Waals surface area contributed by atoms with E-state index in [-0.39, 0.29) is 11.4 Å². The average Bonchev–Trinajstić information content (AvgIpc) is 3.40. The van der Waals surface area contributed by atoms with Crippen LogP contribution in [-0.4, -0.2) is 6.21 Å². The van der Waals surface area contributed by atoms with E-state index in [1.54, 1.807) is 42.6 Å². The molecule has 0 aliphatic rings. The maximum atomic E-state index is 9.67. The molecule has 126 valence electrons. The van der Waals surface area contributed by atoms with Gasteiger partial charge in [0.15, 0.2) is 11.5 Å². The van der Waals surface area contributed by atoms with Crippen LogP contribution < -0.4 is 0 Å². The van der Waals surface area contributed by atoms with Crippen LogP contribution in [0.1, 0.15) is 11.1 Å². The molecule has 1 aromatic carbocycles. The van der Waals surface area contributed by atoms with E-state index in [1.807, 2.05) is 12.1 Å². The number of hydrogen-bond acceptors (Lipinski definition) is 5. The quantitative estimate of drug-likeness (QED) is 0.412. The molecule has 26 heavy (non-hydrogen) atoms. The number of halogens is 1. The summed E-state index contributed by atoms with van der Waals surface area (Å²) in [7, 11) is 0. The zero-order valence-corrected chi connectivity index (χ0v) is 14.1. The Labute approximate surface area is 153 Å². The van der Waals surface area contributed by atoms with Crippen molar-refractivity contribution in [2.45, 2.75) is 0 Å². The normalized spacial score (nSPS) is 11.1. The van der Waals surface area contributed by atoms with Crippen molar-refractivity contribution in [3.8, 4) is 28.9 Å². The Morgan fingerprint density at radius 3 is 2.27 bits per heavy atom. The predicted octanol–water partition coefficient (Wildman–Crippen LogP) is 6.08. The molecule has 0 saturated heterocycles. The van der Waals surface area contributed by atoms with Gasteiger partial charge in [-0.2, -0.15) is 5.26 Å². The summed E-state index contributed by atoms with van der Waals surface area (Å²) >= 11 is 5.89. The van der Waals surface area contributed by atoms with Crippen LogP contribution in [-0.2, 0) is 0 Å². The van der Waals surface area contributed by atoms with Gasteiger partial charge < -0.3 is 13.3 Å². The third kappa shape index (κ3) is 2.94. The van der Waals surface area contributed by atoms with Crippen LogP contribution in [0.15, 0.2) is 79.3 Å². The Bertz CT molecular complexity index is 1080. The van der Waals surface area contributed by atoms with Gasteiger partial charge in [0, 0.05) is 11.2 Å². The summed E-state index contributed by atoms with van der Waals surface area (Å²) in [4.78, 5) is 4.34. The fourth-order valence-corrected chi connectivity index (χ4v) is 2.66. The SMILES string of the molecule is N#Cc1c(N=Cc2ccc(Cl)cc2)oc(-c2ccco2)c1-c1ccco1. The highest BCUT2D eigenvalue weighted by Gasteiger charge is 2.25. The molecule has 0 aliphatic carbocycles. The molecule has 3 heterocycles. The number of nitrogens with zero attached hydrogens (tertiary/aromatic N) is 2. The summed E-state index contributed by atoms with van der Waals surface area (Å²) in [5, 5.41) is 10.3. The molecular weight excluding hydrogens is 352 g/mol. The lowest BCUT2D eigenvalue weighted by molar-refractivity contribution is 0.527. The monoisotopic (exact) mass is 362 g/mol. The maximum absolute atomic E-state index is 9.67. The van der Waals surface area contributed by atoms with Crippen LogP contribution >= 0.6 is 11.6 Å². The molecule has 0 saturated carbocycles. The number of hydrogen-bond donors (Lipinski definition) is 0. The van der Waals surface area contributed by atoms with Gasteiger partial charge in [0.25, 0.3) is 0 Å². The topological polar surface area (TPSA) is 75.6 Å². The highest BCUT2D eigenvalue weighted by molar-refractivity contribution is 6.30. The molecule has 0 amide bonds. The lowest BCUT2D eigenvalue weighted by Crippen LogP contribution is -1.81. The van der Waals surface area contributed by atoms with Crippen molar-refractivity contribution >= 4 is 23.7 Å². The number of furan rings is 3. The summed E-state index contributed by atoms with van der Waals surface area (Å²) in [6.45, 7) is 0. The molecule has 0 spiro atoms. The third-order valence-corrected chi connectivity index (χ3v) is 3.97. The van der Waals surface area contributed by atoms with Crippen LogP contribution in [0.25, 0.3) is 22.8 Å². The molecule has 3 aromatic heterocycles. The van der Waals surface area contributed by atoms with E-state index in [0.29, 0.717) is 27.9 Å². The van der Waals surface area contributed by atoms with Gasteiger partial charge in [-0.1, -0.05) is 23.7 Å². The van der Waals surface area contributed by atoms with E-state index < -0.39 is 0 Å². The second kappa shape index (κ2) is 6.79. The summed E-state index contributed by atoms with van der Waals surface area (Å²) in [6.07, 6.45) is 4.67. The van der Waals surface area contributed by atoms with Gasteiger partial charge in [-0.15, -0.1) is 0 Å². The fraction of sp³-hybridized carbons (Fsp3) is 0. The molecule has 0 bridgehead atoms. The van der Waals surface area contributed by atoms with Gasteiger partial charge in [0.1, 0.15) is 17.4 Å². The number of rotatable bonds is 4. The molecule has 4 aromatic rings. The molecule has 4 rings (SSSR count). The second-order valence-electron chi connectivity index (χ2n) is 5.36. The Kier molecular flexibility index (Phi) is 4.18. The van der Waals surface area contributed by atoms with Gasteiger partial charge in [0.2, 0.25) is 5.88 Å². The van der Waals surface area contributed by atoms with E-state index >= 15 is 0 Å². The molecule has 6 heteroatoms. The average molecular weight is 363 g/mol.